The average Bonchev–Trinajstić information content (AvgIpc) is 2.03. The number of hydrogen-bond donors (Lipinski definition) is 1. The standard InChI is InChI=1S/C11H17NO/c1-8(2)9-6-5-7-10(12-9)11(3,4)13/h5-8,13H,1-4H3. The Morgan fingerprint density at radius 3 is 2.38 bits per heavy atom. The summed E-state index contributed by atoms with van der Waals surface area (Å²) in [7, 11) is 0. The molecule has 0 aromatic carbocycles. The van der Waals surface area contributed by atoms with Gasteiger partial charge in [0.15, 0.2) is 0 Å². The smallest absolute Gasteiger partial charge is 0.101 e. The number of hydrogen-bond acceptors (Lipinski definition) is 2. The summed E-state index contributed by atoms with van der Waals surface area (Å²) < 4.78 is 0. The first kappa shape index (κ1) is 10.2. The number of aliphatic hydroxyl groups is 1. The van der Waals surface area contributed by atoms with Crippen LogP contribution in [0.1, 0.15) is 45.0 Å². The van der Waals surface area contributed by atoms with Crippen LogP contribution in [0.3, 0.4) is 0 Å². The average molecular weight is 179 g/mol. The Bertz CT molecular complexity index is 286. The molecule has 1 heterocycles. The third-order valence-corrected chi connectivity index (χ3v) is 1.99. The van der Waals surface area contributed by atoms with E-state index in [1.165, 1.54) is 0 Å². The first-order chi connectivity index (χ1) is 5.91. The minimum absolute atomic E-state index is 0.405. The molecule has 0 aliphatic rings. The fraction of sp³-hybridized carbons (Fsp3) is 0.545. The number of nitrogens with zero attached hydrogens (tertiary/aromatic N) is 1. The molecule has 13 heavy (non-hydrogen) atoms. The summed E-state index contributed by atoms with van der Waals surface area (Å²) in [5.74, 6) is 0.405. The van der Waals surface area contributed by atoms with E-state index >= 15 is 0 Å². The first-order valence-corrected chi connectivity index (χ1v) is 4.61. The monoisotopic (exact) mass is 179 g/mol. The molecule has 0 amide bonds. The van der Waals surface area contributed by atoms with Gasteiger partial charge in [-0.05, 0) is 31.9 Å². The predicted octanol–water partition coefficient (Wildman–Crippen LogP) is 2.43. The van der Waals surface area contributed by atoms with Gasteiger partial charge in [-0.15, -0.1) is 0 Å². The Morgan fingerprint density at radius 2 is 1.92 bits per heavy atom. The van der Waals surface area contributed by atoms with E-state index in [4.69, 9.17) is 0 Å². The number of aromatic nitrogens is 1. The van der Waals surface area contributed by atoms with Gasteiger partial charge in [0.25, 0.3) is 0 Å². The van der Waals surface area contributed by atoms with Crippen LogP contribution in [0.25, 0.3) is 0 Å². The van der Waals surface area contributed by atoms with Crippen LogP contribution < -0.4 is 0 Å². The Kier molecular flexibility index (Phi) is 2.71. The topological polar surface area (TPSA) is 33.1 Å². The van der Waals surface area contributed by atoms with Gasteiger partial charge in [-0.1, -0.05) is 19.9 Å². The van der Waals surface area contributed by atoms with Crippen molar-refractivity contribution in [2.24, 2.45) is 0 Å². The molecule has 72 valence electrons. The molecule has 2 heteroatoms. The molecule has 1 rings (SSSR count). The van der Waals surface area contributed by atoms with Crippen molar-refractivity contribution >= 4 is 0 Å². The van der Waals surface area contributed by atoms with Gasteiger partial charge in [-0.3, -0.25) is 4.98 Å². The van der Waals surface area contributed by atoms with Crippen LogP contribution in [0.2, 0.25) is 0 Å². The molecular weight excluding hydrogens is 162 g/mol. The molecule has 0 spiro atoms. The molecule has 1 N–H and O–H groups in total. The van der Waals surface area contributed by atoms with Gasteiger partial charge in [0.2, 0.25) is 0 Å². The molecule has 1 aromatic heterocycles. The van der Waals surface area contributed by atoms with Gasteiger partial charge in [-0.25, -0.2) is 0 Å². The van der Waals surface area contributed by atoms with Crippen LogP contribution in [-0.4, -0.2) is 10.1 Å². The van der Waals surface area contributed by atoms with Gasteiger partial charge in [0, 0.05) is 5.69 Å². The summed E-state index contributed by atoms with van der Waals surface area (Å²) in [5, 5.41) is 9.73. The lowest BCUT2D eigenvalue weighted by atomic mass is 10.0. The lowest BCUT2D eigenvalue weighted by Gasteiger charge is -2.17. The molecular formula is C11H17NO. The fourth-order valence-corrected chi connectivity index (χ4v) is 1.11. The van der Waals surface area contributed by atoms with Gasteiger partial charge >= 0.3 is 0 Å². The molecule has 0 saturated carbocycles. The minimum atomic E-state index is -0.842. The van der Waals surface area contributed by atoms with E-state index in [0.29, 0.717) is 5.92 Å². The van der Waals surface area contributed by atoms with Gasteiger partial charge in [0.05, 0.1) is 5.69 Å². The highest BCUT2D eigenvalue weighted by Gasteiger charge is 2.17. The third-order valence-electron chi connectivity index (χ3n) is 1.99. The molecule has 0 saturated heterocycles. The molecule has 1 aromatic rings. The molecule has 0 atom stereocenters. The third kappa shape index (κ3) is 2.52. The van der Waals surface area contributed by atoms with Crippen LogP contribution in [0.4, 0.5) is 0 Å². The van der Waals surface area contributed by atoms with Crippen molar-refractivity contribution in [1.29, 1.82) is 0 Å². The van der Waals surface area contributed by atoms with Crippen LogP contribution in [-0.2, 0) is 5.60 Å². The van der Waals surface area contributed by atoms with Crippen LogP contribution in [0.5, 0.6) is 0 Å². The van der Waals surface area contributed by atoms with Crippen molar-refractivity contribution in [1.82, 2.24) is 4.98 Å². The maximum atomic E-state index is 9.73. The van der Waals surface area contributed by atoms with Crippen LogP contribution >= 0.6 is 0 Å². The second-order valence-corrected chi connectivity index (χ2v) is 4.16. The first-order valence-electron chi connectivity index (χ1n) is 4.61. The van der Waals surface area contributed by atoms with E-state index < -0.39 is 5.60 Å². The van der Waals surface area contributed by atoms with Crippen LogP contribution in [0.15, 0.2) is 18.2 Å². The van der Waals surface area contributed by atoms with E-state index in [9.17, 15) is 5.11 Å². The molecule has 2 nitrogen and oxygen atoms in total. The van der Waals surface area contributed by atoms with E-state index in [-0.39, 0.29) is 0 Å². The normalized spacial score (nSPS) is 12.2. The van der Waals surface area contributed by atoms with Crippen molar-refractivity contribution < 1.29 is 5.11 Å². The number of pyridine rings is 1. The lowest BCUT2D eigenvalue weighted by molar-refractivity contribution is 0.0736. The van der Waals surface area contributed by atoms with Crippen molar-refractivity contribution in [3.05, 3.63) is 29.6 Å². The predicted molar refractivity (Wildman–Crippen MR) is 53.6 cm³/mol. The van der Waals surface area contributed by atoms with Gasteiger partial charge < -0.3 is 5.11 Å². The maximum absolute atomic E-state index is 9.73. The summed E-state index contributed by atoms with van der Waals surface area (Å²) >= 11 is 0. The maximum Gasteiger partial charge on any atom is 0.101 e. The number of rotatable bonds is 2. The minimum Gasteiger partial charge on any atom is -0.384 e. The fourth-order valence-electron chi connectivity index (χ4n) is 1.11. The SMILES string of the molecule is CC(C)c1cccc(C(C)(C)O)n1. The van der Waals surface area contributed by atoms with Gasteiger partial charge in [-0.2, -0.15) is 0 Å². The van der Waals surface area contributed by atoms with Crippen molar-refractivity contribution in [3.8, 4) is 0 Å². The van der Waals surface area contributed by atoms with Crippen molar-refractivity contribution in [3.63, 3.8) is 0 Å². The molecule has 0 aliphatic heterocycles. The van der Waals surface area contributed by atoms with E-state index in [1.807, 2.05) is 18.2 Å². The highest BCUT2D eigenvalue weighted by molar-refractivity contribution is 5.17. The van der Waals surface area contributed by atoms with Gasteiger partial charge in [0.1, 0.15) is 5.60 Å². The Hall–Kier alpha value is -0.890. The lowest BCUT2D eigenvalue weighted by Crippen LogP contribution is -2.18. The molecule has 0 fully saturated rings. The zero-order valence-corrected chi connectivity index (χ0v) is 8.70. The Morgan fingerprint density at radius 1 is 1.31 bits per heavy atom. The highest BCUT2D eigenvalue weighted by atomic mass is 16.3. The zero-order valence-electron chi connectivity index (χ0n) is 8.70. The van der Waals surface area contributed by atoms with E-state index in [0.717, 1.165) is 11.4 Å². The van der Waals surface area contributed by atoms with Crippen molar-refractivity contribution in [2.45, 2.75) is 39.2 Å². The summed E-state index contributed by atoms with van der Waals surface area (Å²) in [6.45, 7) is 7.69. The molecule has 0 aliphatic carbocycles. The summed E-state index contributed by atoms with van der Waals surface area (Å²) in [6.07, 6.45) is 0. The zero-order chi connectivity index (χ0) is 10.1. The molecule has 0 radical (unpaired) electrons. The largest absolute Gasteiger partial charge is 0.384 e. The Balaban J connectivity index is 3.06. The van der Waals surface area contributed by atoms with E-state index in [2.05, 4.69) is 18.8 Å². The summed E-state index contributed by atoms with van der Waals surface area (Å²) in [6, 6.07) is 5.78. The van der Waals surface area contributed by atoms with Crippen LogP contribution in [0, 0.1) is 0 Å². The second kappa shape index (κ2) is 3.46. The van der Waals surface area contributed by atoms with E-state index in [1.54, 1.807) is 13.8 Å². The highest BCUT2D eigenvalue weighted by Crippen LogP contribution is 2.19. The molecule has 0 bridgehead atoms. The Labute approximate surface area is 79.6 Å². The second-order valence-electron chi connectivity index (χ2n) is 4.16. The quantitative estimate of drug-likeness (QED) is 0.756. The van der Waals surface area contributed by atoms with Crippen molar-refractivity contribution in [2.75, 3.05) is 0 Å². The summed E-state index contributed by atoms with van der Waals surface area (Å²) in [4.78, 5) is 4.39. The molecule has 0 unspecified atom stereocenters. The summed E-state index contributed by atoms with van der Waals surface area (Å²) in [5.41, 5.74) is 0.920.